The van der Waals surface area contributed by atoms with Crippen molar-refractivity contribution in [2.24, 2.45) is 0 Å². The van der Waals surface area contributed by atoms with Crippen molar-refractivity contribution in [2.75, 3.05) is 13.7 Å². The van der Waals surface area contributed by atoms with Gasteiger partial charge in [0.1, 0.15) is 6.61 Å². The van der Waals surface area contributed by atoms with Crippen LogP contribution in [0.1, 0.15) is 34.0 Å². The second-order valence-corrected chi connectivity index (χ2v) is 9.20. The molecule has 0 fully saturated rings. The monoisotopic (exact) mass is 522 g/mol. The highest BCUT2D eigenvalue weighted by atomic mass is 16.5. The fourth-order valence-corrected chi connectivity index (χ4v) is 4.93. The van der Waals surface area contributed by atoms with Gasteiger partial charge >= 0.3 is 0 Å². The van der Waals surface area contributed by atoms with Gasteiger partial charge in [-0.2, -0.15) is 0 Å². The quantitative estimate of drug-likeness (QED) is 0.266. The minimum Gasteiger partial charge on any atom is -0.493 e. The van der Waals surface area contributed by atoms with Crippen LogP contribution < -0.4 is 20.6 Å². The number of methoxy groups -OCH3 is 1. The van der Waals surface area contributed by atoms with Crippen LogP contribution in [0.3, 0.4) is 0 Å². The maximum Gasteiger partial charge on any atom is 0.275 e. The highest BCUT2D eigenvalue weighted by Gasteiger charge is 2.31. The van der Waals surface area contributed by atoms with Crippen LogP contribution in [0.25, 0.3) is 11.4 Å². The van der Waals surface area contributed by atoms with Gasteiger partial charge in [-0.25, -0.2) is 9.36 Å². The summed E-state index contributed by atoms with van der Waals surface area (Å²) in [6, 6.07) is 24.2. The van der Waals surface area contributed by atoms with Gasteiger partial charge in [0.15, 0.2) is 11.5 Å². The van der Waals surface area contributed by atoms with Crippen LogP contribution in [0, 0.1) is 13.8 Å². The Morgan fingerprint density at radius 1 is 0.795 bits per heavy atom. The van der Waals surface area contributed by atoms with Gasteiger partial charge in [0.05, 0.1) is 29.6 Å². The van der Waals surface area contributed by atoms with Gasteiger partial charge in [-0.3, -0.25) is 19.8 Å². The third-order valence-electron chi connectivity index (χ3n) is 6.72. The minimum atomic E-state index is -0.685. The van der Waals surface area contributed by atoms with Crippen molar-refractivity contribution in [1.82, 2.24) is 19.6 Å². The SMILES string of the molecule is C=CCOc1ccc(C(c2c(C)[nH]n(-c3ccccc3)c2=O)c2c(C)[nH]n(-c3ccccc3)c2=O)cc1OC. The largest absolute Gasteiger partial charge is 0.493 e. The number of nitrogens with zero attached hydrogens (tertiary/aromatic N) is 2. The predicted molar refractivity (Wildman–Crippen MR) is 152 cm³/mol. The van der Waals surface area contributed by atoms with Gasteiger partial charge < -0.3 is 9.47 Å². The molecule has 0 unspecified atom stereocenters. The molecule has 8 heteroatoms. The summed E-state index contributed by atoms with van der Waals surface area (Å²) in [5.41, 5.74) is 3.92. The lowest BCUT2D eigenvalue weighted by molar-refractivity contribution is 0.326. The lowest BCUT2D eigenvalue weighted by Crippen LogP contribution is -2.25. The molecule has 0 saturated carbocycles. The second kappa shape index (κ2) is 10.8. The summed E-state index contributed by atoms with van der Waals surface area (Å²) in [7, 11) is 1.56. The highest BCUT2D eigenvalue weighted by molar-refractivity contribution is 5.52. The van der Waals surface area contributed by atoms with Crippen molar-refractivity contribution in [3.8, 4) is 22.9 Å². The molecule has 39 heavy (non-hydrogen) atoms. The van der Waals surface area contributed by atoms with Crippen LogP contribution >= 0.6 is 0 Å². The van der Waals surface area contributed by atoms with Crippen LogP contribution in [0.15, 0.2) is 101 Å². The highest BCUT2D eigenvalue weighted by Crippen LogP contribution is 2.37. The lowest BCUT2D eigenvalue weighted by atomic mass is 9.85. The topological polar surface area (TPSA) is 94.0 Å². The Morgan fingerprint density at radius 2 is 1.31 bits per heavy atom. The molecule has 8 nitrogen and oxygen atoms in total. The number of para-hydroxylation sites is 2. The molecule has 0 aliphatic carbocycles. The number of aromatic amines is 2. The maximum absolute atomic E-state index is 14.0. The average Bonchev–Trinajstić information content (AvgIpc) is 3.43. The first-order chi connectivity index (χ1) is 18.9. The summed E-state index contributed by atoms with van der Waals surface area (Å²) in [4.78, 5) is 28.0. The number of ether oxygens (including phenoxy) is 2. The number of H-pyrrole nitrogens is 2. The van der Waals surface area contributed by atoms with E-state index >= 15 is 0 Å². The Morgan fingerprint density at radius 3 is 1.77 bits per heavy atom. The molecule has 3 aromatic carbocycles. The number of hydrogen-bond acceptors (Lipinski definition) is 4. The van der Waals surface area contributed by atoms with Crippen molar-refractivity contribution in [2.45, 2.75) is 19.8 Å². The van der Waals surface area contributed by atoms with Gasteiger partial charge in [0, 0.05) is 17.3 Å². The van der Waals surface area contributed by atoms with E-state index in [1.54, 1.807) is 19.3 Å². The van der Waals surface area contributed by atoms with Crippen molar-refractivity contribution >= 4 is 0 Å². The van der Waals surface area contributed by atoms with Crippen molar-refractivity contribution in [3.05, 3.63) is 140 Å². The summed E-state index contributed by atoms with van der Waals surface area (Å²) in [6.07, 6.45) is 1.65. The molecule has 0 amide bonds. The van der Waals surface area contributed by atoms with Gasteiger partial charge in [0.25, 0.3) is 11.1 Å². The van der Waals surface area contributed by atoms with Gasteiger partial charge in [0.2, 0.25) is 0 Å². The molecule has 0 saturated heterocycles. The molecular formula is C31H30N4O4. The Hall–Kier alpha value is -4.98. The fraction of sp³-hybridized carbons (Fsp3) is 0.161. The molecule has 198 valence electrons. The Kier molecular flexibility index (Phi) is 7.10. The van der Waals surface area contributed by atoms with Gasteiger partial charge in [-0.05, 0) is 55.8 Å². The zero-order valence-corrected chi connectivity index (χ0v) is 22.1. The minimum absolute atomic E-state index is 0.235. The van der Waals surface area contributed by atoms with Gasteiger partial charge in [-0.15, -0.1) is 0 Å². The van der Waals surface area contributed by atoms with Crippen molar-refractivity contribution in [3.63, 3.8) is 0 Å². The van der Waals surface area contributed by atoms with E-state index in [2.05, 4.69) is 16.8 Å². The second-order valence-electron chi connectivity index (χ2n) is 9.20. The summed E-state index contributed by atoms with van der Waals surface area (Å²) >= 11 is 0. The first kappa shape index (κ1) is 25.7. The van der Waals surface area contributed by atoms with E-state index in [-0.39, 0.29) is 11.1 Å². The number of aromatic nitrogens is 4. The number of benzene rings is 3. The van der Waals surface area contributed by atoms with Crippen LogP contribution in [-0.4, -0.2) is 33.3 Å². The summed E-state index contributed by atoms with van der Waals surface area (Å²) in [5, 5.41) is 6.43. The van der Waals surface area contributed by atoms with Crippen LogP contribution in [0.2, 0.25) is 0 Å². The molecule has 0 bridgehead atoms. The zero-order chi connectivity index (χ0) is 27.5. The van der Waals surface area contributed by atoms with Gasteiger partial charge in [-0.1, -0.05) is 55.1 Å². The summed E-state index contributed by atoms with van der Waals surface area (Å²) in [6.45, 7) is 7.71. The van der Waals surface area contributed by atoms with E-state index < -0.39 is 5.92 Å². The molecule has 2 N–H and O–H groups in total. The van der Waals surface area contributed by atoms with Crippen molar-refractivity contribution < 1.29 is 9.47 Å². The van der Waals surface area contributed by atoms with E-state index in [0.29, 0.717) is 52.0 Å². The normalized spacial score (nSPS) is 11.1. The molecule has 5 aromatic rings. The Labute approximate surface area is 225 Å². The van der Waals surface area contributed by atoms with Crippen molar-refractivity contribution in [1.29, 1.82) is 0 Å². The zero-order valence-electron chi connectivity index (χ0n) is 22.1. The number of rotatable bonds is 9. The first-order valence-electron chi connectivity index (χ1n) is 12.6. The number of nitrogens with one attached hydrogen (secondary N) is 2. The van der Waals surface area contributed by atoms with E-state index in [0.717, 1.165) is 5.56 Å². The Bertz CT molecular complexity index is 1630. The summed E-state index contributed by atoms with van der Waals surface area (Å²) in [5.74, 6) is 0.349. The van der Waals surface area contributed by atoms with E-state index in [1.165, 1.54) is 9.36 Å². The molecule has 2 heterocycles. The van der Waals surface area contributed by atoms with E-state index in [9.17, 15) is 9.59 Å². The summed E-state index contributed by atoms with van der Waals surface area (Å²) < 4.78 is 14.4. The number of aryl methyl sites for hydroxylation is 2. The van der Waals surface area contributed by atoms with E-state index in [4.69, 9.17) is 9.47 Å². The van der Waals surface area contributed by atoms with Crippen LogP contribution in [0.5, 0.6) is 11.5 Å². The molecule has 0 aliphatic rings. The smallest absolute Gasteiger partial charge is 0.275 e. The molecule has 5 rings (SSSR count). The van der Waals surface area contributed by atoms with Crippen LogP contribution in [0.4, 0.5) is 0 Å². The maximum atomic E-state index is 14.0. The molecule has 2 aromatic heterocycles. The predicted octanol–water partition coefficient (Wildman–Crippen LogP) is 5.02. The third-order valence-corrected chi connectivity index (χ3v) is 6.72. The standard InChI is InChI=1S/C31H30N4O4/c1-5-18-39-25-17-16-22(19-26(25)38-4)29(27-20(2)32-34(30(27)36)23-12-8-6-9-13-23)28-21(3)33-35(31(28)37)24-14-10-7-11-15-24/h5-17,19,29,32-33H,1,18H2,2-4H3. The molecule has 0 spiro atoms. The average molecular weight is 523 g/mol. The number of hydrogen-bond donors (Lipinski definition) is 2. The fourth-order valence-electron chi connectivity index (χ4n) is 4.93. The molecular weight excluding hydrogens is 492 g/mol. The molecule has 0 atom stereocenters. The van der Waals surface area contributed by atoms with Crippen LogP contribution in [-0.2, 0) is 0 Å². The molecule has 0 aliphatic heterocycles. The molecule has 0 radical (unpaired) electrons. The lowest BCUT2D eigenvalue weighted by Gasteiger charge is -2.18. The van der Waals surface area contributed by atoms with E-state index in [1.807, 2.05) is 86.6 Å². The Balaban J connectivity index is 1.76. The third kappa shape index (κ3) is 4.72. The first-order valence-corrected chi connectivity index (χ1v) is 12.6.